The highest BCUT2D eigenvalue weighted by atomic mass is 16.2. The highest BCUT2D eigenvalue weighted by Crippen LogP contribution is 2.15. The van der Waals surface area contributed by atoms with Crippen molar-refractivity contribution in [2.24, 2.45) is 0 Å². The summed E-state index contributed by atoms with van der Waals surface area (Å²) in [6.07, 6.45) is 4.80. The summed E-state index contributed by atoms with van der Waals surface area (Å²) < 4.78 is 0. The number of amides is 2. The third-order valence-corrected chi connectivity index (χ3v) is 4.81. The van der Waals surface area contributed by atoms with E-state index in [1.165, 1.54) is 5.56 Å². The lowest BCUT2D eigenvalue weighted by Gasteiger charge is -2.32. The standard InChI is InChI=1S/C20H23N3O2/c1-14-3-4-17(13-15(14)2)19(24)22-18-7-11-23(12-8-18)20(25)16-5-9-21-10-6-16/h3-6,9-10,13,18H,7-8,11-12H2,1-2H3,(H,22,24). The molecule has 1 aliphatic heterocycles. The van der Waals surface area contributed by atoms with E-state index in [9.17, 15) is 9.59 Å². The van der Waals surface area contributed by atoms with Crippen LogP contribution in [0.4, 0.5) is 0 Å². The Hall–Kier alpha value is -2.69. The monoisotopic (exact) mass is 337 g/mol. The van der Waals surface area contributed by atoms with Crippen molar-refractivity contribution in [2.75, 3.05) is 13.1 Å². The van der Waals surface area contributed by atoms with Gasteiger partial charge in [0.05, 0.1) is 0 Å². The zero-order chi connectivity index (χ0) is 17.8. The third kappa shape index (κ3) is 4.05. The van der Waals surface area contributed by atoms with Crippen LogP contribution in [0.1, 0.15) is 44.7 Å². The first-order valence-electron chi connectivity index (χ1n) is 8.62. The van der Waals surface area contributed by atoms with Gasteiger partial charge in [-0.2, -0.15) is 0 Å². The molecule has 0 aliphatic carbocycles. The van der Waals surface area contributed by atoms with Gasteiger partial charge in [-0.3, -0.25) is 14.6 Å². The molecule has 5 nitrogen and oxygen atoms in total. The number of hydrogen-bond donors (Lipinski definition) is 1. The third-order valence-electron chi connectivity index (χ3n) is 4.81. The zero-order valence-electron chi connectivity index (χ0n) is 14.7. The maximum Gasteiger partial charge on any atom is 0.253 e. The molecule has 1 aliphatic rings. The first-order valence-corrected chi connectivity index (χ1v) is 8.62. The number of nitrogens with one attached hydrogen (secondary N) is 1. The molecule has 1 N–H and O–H groups in total. The van der Waals surface area contributed by atoms with Crippen molar-refractivity contribution in [1.29, 1.82) is 0 Å². The highest BCUT2D eigenvalue weighted by molar-refractivity contribution is 5.95. The van der Waals surface area contributed by atoms with E-state index in [2.05, 4.69) is 10.3 Å². The largest absolute Gasteiger partial charge is 0.349 e. The van der Waals surface area contributed by atoms with E-state index in [1.807, 2.05) is 36.9 Å². The van der Waals surface area contributed by atoms with E-state index < -0.39 is 0 Å². The van der Waals surface area contributed by atoms with Crippen LogP contribution in [-0.4, -0.2) is 40.8 Å². The Bertz CT molecular complexity index is 766. The topological polar surface area (TPSA) is 62.3 Å². The lowest BCUT2D eigenvalue weighted by molar-refractivity contribution is 0.0698. The number of aryl methyl sites for hydroxylation is 2. The molecule has 25 heavy (non-hydrogen) atoms. The number of carbonyl (C=O) groups is 2. The summed E-state index contributed by atoms with van der Waals surface area (Å²) in [6, 6.07) is 9.33. The Morgan fingerprint density at radius 1 is 1.00 bits per heavy atom. The normalized spacial score (nSPS) is 15.0. The number of piperidine rings is 1. The van der Waals surface area contributed by atoms with Gasteiger partial charge < -0.3 is 10.2 Å². The lowest BCUT2D eigenvalue weighted by atomic mass is 10.0. The fourth-order valence-electron chi connectivity index (χ4n) is 3.06. The number of rotatable bonds is 3. The molecule has 2 aromatic rings. The molecule has 0 atom stereocenters. The Morgan fingerprint density at radius 3 is 2.32 bits per heavy atom. The van der Waals surface area contributed by atoms with Crippen LogP contribution in [0.25, 0.3) is 0 Å². The first-order chi connectivity index (χ1) is 12.0. The minimum Gasteiger partial charge on any atom is -0.349 e. The van der Waals surface area contributed by atoms with Crippen molar-refractivity contribution in [1.82, 2.24) is 15.2 Å². The van der Waals surface area contributed by atoms with Gasteiger partial charge in [0, 0.05) is 42.7 Å². The van der Waals surface area contributed by atoms with Crippen LogP contribution in [0.5, 0.6) is 0 Å². The van der Waals surface area contributed by atoms with Crippen molar-refractivity contribution >= 4 is 11.8 Å². The zero-order valence-corrected chi connectivity index (χ0v) is 14.7. The van der Waals surface area contributed by atoms with Crippen LogP contribution in [0.2, 0.25) is 0 Å². The summed E-state index contributed by atoms with van der Waals surface area (Å²) >= 11 is 0. The molecule has 0 unspecified atom stereocenters. The Balaban J connectivity index is 1.54. The average molecular weight is 337 g/mol. The van der Waals surface area contributed by atoms with Crippen molar-refractivity contribution in [3.8, 4) is 0 Å². The Morgan fingerprint density at radius 2 is 1.68 bits per heavy atom. The molecule has 130 valence electrons. The molecule has 1 saturated heterocycles. The first kappa shape index (κ1) is 17.1. The molecule has 1 aromatic heterocycles. The summed E-state index contributed by atoms with van der Waals surface area (Å²) in [5.74, 6) is -0.0108. The number of benzene rings is 1. The smallest absolute Gasteiger partial charge is 0.253 e. The predicted octanol–water partition coefficient (Wildman–Crippen LogP) is 2.73. The molecule has 1 aromatic carbocycles. The minimum atomic E-state index is -0.0398. The van der Waals surface area contributed by atoms with E-state index in [0.29, 0.717) is 24.2 Å². The van der Waals surface area contributed by atoms with Crippen LogP contribution in [0, 0.1) is 13.8 Å². The molecule has 0 spiro atoms. The van der Waals surface area contributed by atoms with Crippen molar-refractivity contribution in [3.63, 3.8) is 0 Å². The maximum absolute atomic E-state index is 12.4. The fraction of sp³-hybridized carbons (Fsp3) is 0.350. The number of carbonyl (C=O) groups excluding carboxylic acids is 2. The van der Waals surface area contributed by atoms with Crippen LogP contribution in [0.3, 0.4) is 0 Å². The number of aromatic nitrogens is 1. The molecule has 5 heteroatoms. The molecule has 0 radical (unpaired) electrons. The van der Waals surface area contributed by atoms with E-state index >= 15 is 0 Å². The quantitative estimate of drug-likeness (QED) is 0.937. The summed E-state index contributed by atoms with van der Waals surface area (Å²) in [5, 5.41) is 3.09. The number of likely N-dealkylation sites (tertiary alicyclic amines) is 1. The minimum absolute atomic E-state index is 0.0290. The molecule has 2 amide bonds. The molecular weight excluding hydrogens is 314 g/mol. The predicted molar refractivity (Wildman–Crippen MR) is 96.5 cm³/mol. The van der Waals surface area contributed by atoms with Gasteiger partial charge in [-0.15, -0.1) is 0 Å². The Kier molecular flexibility index (Phi) is 5.12. The Labute approximate surface area is 148 Å². The molecule has 1 fully saturated rings. The second kappa shape index (κ2) is 7.47. The van der Waals surface area contributed by atoms with E-state index in [-0.39, 0.29) is 17.9 Å². The van der Waals surface area contributed by atoms with Gasteiger partial charge in [0.25, 0.3) is 11.8 Å². The van der Waals surface area contributed by atoms with Gasteiger partial charge in [0.15, 0.2) is 0 Å². The van der Waals surface area contributed by atoms with Crippen molar-refractivity contribution < 1.29 is 9.59 Å². The number of pyridine rings is 1. The van der Waals surface area contributed by atoms with E-state index in [4.69, 9.17) is 0 Å². The van der Waals surface area contributed by atoms with Crippen LogP contribution < -0.4 is 5.32 Å². The van der Waals surface area contributed by atoms with Gasteiger partial charge in [-0.1, -0.05) is 6.07 Å². The molecular formula is C20H23N3O2. The second-order valence-corrected chi connectivity index (χ2v) is 6.57. The van der Waals surface area contributed by atoms with Crippen molar-refractivity contribution in [2.45, 2.75) is 32.7 Å². The van der Waals surface area contributed by atoms with Crippen LogP contribution in [0.15, 0.2) is 42.7 Å². The summed E-state index contributed by atoms with van der Waals surface area (Å²) in [6.45, 7) is 5.35. The van der Waals surface area contributed by atoms with Gasteiger partial charge in [0.2, 0.25) is 0 Å². The van der Waals surface area contributed by atoms with Gasteiger partial charge in [0.1, 0.15) is 0 Å². The molecule has 0 saturated carbocycles. The SMILES string of the molecule is Cc1ccc(C(=O)NC2CCN(C(=O)c3ccncc3)CC2)cc1C. The second-order valence-electron chi connectivity index (χ2n) is 6.57. The van der Waals surface area contributed by atoms with E-state index in [1.54, 1.807) is 24.5 Å². The molecule has 2 heterocycles. The molecule has 3 rings (SSSR count). The van der Waals surface area contributed by atoms with Crippen LogP contribution >= 0.6 is 0 Å². The average Bonchev–Trinajstić information content (AvgIpc) is 2.64. The number of hydrogen-bond acceptors (Lipinski definition) is 3. The maximum atomic E-state index is 12.4. The summed E-state index contributed by atoms with van der Waals surface area (Å²) in [5.41, 5.74) is 3.65. The summed E-state index contributed by atoms with van der Waals surface area (Å²) in [4.78, 5) is 30.6. The summed E-state index contributed by atoms with van der Waals surface area (Å²) in [7, 11) is 0. The van der Waals surface area contributed by atoms with Gasteiger partial charge >= 0.3 is 0 Å². The van der Waals surface area contributed by atoms with Crippen molar-refractivity contribution in [3.05, 3.63) is 65.0 Å². The van der Waals surface area contributed by atoms with Gasteiger partial charge in [-0.05, 0) is 62.1 Å². The lowest BCUT2D eigenvalue weighted by Crippen LogP contribution is -2.46. The highest BCUT2D eigenvalue weighted by Gasteiger charge is 2.24. The number of nitrogens with zero attached hydrogens (tertiary/aromatic N) is 2. The van der Waals surface area contributed by atoms with Crippen LogP contribution in [-0.2, 0) is 0 Å². The van der Waals surface area contributed by atoms with E-state index in [0.717, 1.165) is 18.4 Å². The fourth-order valence-corrected chi connectivity index (χ4v) is 3.06. The molecule has 0 bridgehead atoms. The van der Waals surface area contributed by atoms with Gasteiger partial charge in [-0.25, -0.2) is 0 Å².